The molecule has 3 heteroatoms. The number of allylic oxidation sites excluding steroid dienone is 4. The van der Waals surface area contributed by atoms with Gasteiger partial charge in [0.1, 0.15) is 0 Å². The molecule has 1 atom stereocenters. The summed E-state index contributed by atoms with van der Waals surface area (Å²) in [5.74, 6) is 0. The van der Waals surface area contributed by atoms with Crippen molar-refractivity contribution in [1.82, 2.24) is 0 Å². The minimum absolute atomic E-state index is 0.323. The van der Waals surface area contributed by atoms with Gasteiger partial charge in [0, 0.05) is 12.8 Å². The van der Waals surface area contributed by atoms with Crippen molar-refractivity contribution < 1.29 is 20.4 Å². The van der Waals surface area contributed by atoms with Gasteiger partial charge < -0.3 is 0 Å². The van der Waals surface area contributed by atoms with Crippen LogP contribution in [0.3, 0.4) is 0 Å². The van der Waals surface area contributed by atoms with Gasteiger partial charge in [-0.1, -0.05) is 0 Å². The first-order chi connectivity index (χ1) is 6.02. The van der Waals surface area contributed by atoms with Gasteiger partial charge in [-0.05, 0) is 0 Å². The Morgan fingerprint density at radius 1 is 1.15 bits per heavy atom. The molecule has 0 bridgehead atoms. The Morgan fingerprint density at radius 3 is 1.62 bits per heavy atom. The topological polar surface area (TPSA) is 0 Å². The van der Waals surface area contributed by atoms with Gasteiger partial charge in [-0.3, -0.25) is 0 Å². The van der Waals surface area contributed by atoms with Gasteiger partial charge in [0.2, 0.25) is 0 Å². The van der Waals surface area contributed by atoms with E-state index in [1.807, 2.05) is 0 Å². The number of halogens is 2. The summed E-state index contributed by atoms with van der Waals surface area (Å²) in [6, 6.07) is 0. The van der Waals surface area contributed by atoms with E-state index in [0.717, 1.165) is 0 Å². The second kappa shape index (κ2) is 8.11. The summed E-state index contributed by atoms with van der Waals surface area (Å²) in [6.45, 7) is 6.58. The predicted octanol–water partition coefficient (Wildman–Crippen LogP) is 4.33. The standard InChI is InChI=1S/C8H11.2CH3Cl.Ti/c1-6-4-7(2)8(3)5-6;2*1-2;/h4-5H,1-3H3;2*1H3;. The van der Waals surface area contributed by atoms with Gasteiger partial charge in [0.05, 0.1) is 0 Å². The zero-order valence-corrected chi connectivity index (χ0v) is 12.0. The number of alkyl halides is 2. The molecule has 0 aromatic carbocycles. The van der Waals surface area contributed by atoms with Crippen molar-refractivity contribution in [2.45, 2.75) is 24.5 Å². The van der Waals surface area contributed by atoms with E-state index in [4.69, 9.17) is 0 Å². The second-order valence-corrected chi connectivity index (χ2v) is 4.54. The van der Waals surface area contributed by atoms with Crippen LogP contribution in [0.15, 0.2) is 23.3 Å². The van der Waals surface area contributed by atoms with Crippen molar-refractivity contribution in [1.29, 1.82) is 0 Å². The molecule has 1 aliphatic rings. The molecule has 13 heavy (non-hydrogen) atoms. The van der Waals surface area contributed by atoms with Crippen LogP contribution < -0.4 is 0 Å². The molecule has 0 aromatic rings. The van der Waals surface area contributed by atoms with Crippen molar-refractivity contribution in [3.8, 4) is 0 Å². The van der Waals surface area contributed by atoms with Crippen LogP contribution in [0.1, 0.15) is 20.8 Å². The average molecular weight is 256 g/mol. The van der Waals surface area contributed by atoms with Crippen LogP contribution in [0.25, 0.3) is 0 Å². The van der Waals surface area contributed by atoms with Crippen LogP contribution in [0.2, 0.25) is 3.72 Å². The molecule has 0 aliphatic heterocycles. The molecule has 1 unspecified atom stereocenters. The number of hydrogen-bond acceptors (Lipinski definition) is 0. The van der Waals surface area contributed by atoms with E-state index < -0.39 is 0 Å². The molecule has 0 radical (unpaired) electrons. The smallest absolute Gasteiger partial charge is 0.0108 e. The van der Waals surface area contributed by atoms with Crippen LogP contribution in [-0.4, -0.2) is 12.8 Å². The summed E-state index contributed by atoms with van der Waals surface area (Å²) >= 11 is 11.5. The maximum Gasteiger partial charge on any atom is 0.0108 e. The van der Waals surface area contributed by atoms with Crippen LogP contribution in [0, 0.1) is 0 Å². The maximum atomic E-state index is 4.64. The molecule has 1 rings (SSSR count). The third kappa shape index (κ3) is 5.96. The Bertz CT molecular complexity index is 193. The van der Waals surface area contributed by atoms with E-state index in [1.165, 1.54) is 23.9 Å². The average Bonchev–Trinajstić information content (AvgIpc) is 2.32. The third-order valence-electron chi connectivity index (χ3n) is 1.78. The largest absolute Gasteiger partial charge is 0.130 e. The molecule has 0 spiro atoms. The maximum absolute atomic E-state index is 4.64. The first-order valence-corrected chi connectivity index (χ1v) is 6.20. The van der Waals surface area contributed by atoms with Crippen molar-refractivity contribution in [3.63, 3.8) is 0 Å². The predicted molar refractivity (Wildman–Crippen MR) is 59.4 cm³/mol. The monoisotopic (exact) mass is 255 g/mol. The fraction of sp³-hybridized carbons (Fsp3) is 0.600. The Kier molecular flexibility index (Phi) is 10.1. The van der Waals surface area contributed by atoms with Gasteiger partial charge >= 0.3 is 68.2 Å². The van der Waals surface area contributed by atoms with Crippen molar-refractivity contribution in [3.05, 3.63) is 23.3 Å². The molecule has 0 fully saturated rings. The van der Waals surface area contributed by atoms with Crippen LogP contribution in [-0.2, 0) is 20.4 Å². The van der Waals surface area contributed by atoms with Gasteiger partial charge in [0.15, 0.2) is 0 Å². The Balaban J connectivity index is 0. The first-order valence-electron chi connectivity index (χ1n) is 3.91. The molecular weight excluding hydrogens is 239 g/mol. The molecule has 0 N–H and O–H groups in total. The summed E-state index contributed by atoms with van der Waals surface area (Å²) in [4.78, 5) is 0. The number of hydrogen-bond donors (Lipinski definition) is 0. The Labute approximate surface area is 104 Å². The number of rotatable bonds is 0. The summed E-state index contributed by atoms with van der Waals surface area (Å²) < 4.78 is 0.323. The second-order valence-electron chi connectivity index (χ2n) is 2.92. The molecule has 0 amide bonds. The zero-order chi connectivity index (χ0) is 11.1. The van der Waals surface area contributed by atoms with E-state index >= 15 is 0 Å². The quantitative estimate of drug-likeness (QED) is 0.447. The minimum atomic E-state index is 0.323. The fourth-order valence-electron chi connectivity index (χ4n) is 1.10. The molecule has 75 valence electrons. The SMILES string of the molecule is CC1=C[C](C)([Ti])C(C)=C1.CCl.CCl. The zero-order valence-electron chi connectivity index (χ0n) is 8.91. The summed E-state index contributed by atoms with van der Waals surface area (Å²) in [6.07, 6.45) is 7.50. The summed E-state index contributed by atoms with van der Waals surface area (Å²) in [7, 11) is 0. The Morgan fingerprint density at radius 2 is 1.54 bits per heavy atom. The molecule has 1 aliphatic carbocycles. The normalized spacial score (nSPS) is 24.5. The van der Waals surface area contributed by atoms with Gasteiger partial charge in [-0.2, -0.15) is 0 Å². The Hall–Kier alpha value is 0.774. The van der Waals surface area contributed by atoms with E-state index in [1.54, 1.807) is 0 Å². The molecule has 0 nitrogen and oxygen atoms in total. The fourth-order valence-corrected chi connectivity index (χ4v) is 1.57. The van der Waals surface area contributed by atoms with Gasteiger partial charge in [-0.15, -0.1) is 23.2 Å². The minimum Gasteiger partial charge on any atom is -0.130 e. The van der Waals surface area contributed by atoms with Crippen molar-refractivity contribution in [2.75, 3.05) is 12.8 Å². The first kappa shape index (κ1) is 16.2. The van der Waals surface area contributed by atoms with Crippen LogP contribution >= 0.6 is 23.2 Å². The molecule has 0 saturated carbocycles. The van der Waals surface area contributed by atoms with E-state index in [2.05, 4.69) is 76.6 Å². The van der Waals surface area contributed by atoms with Crippen molar-refractivity contribution >= 4 is 23.2 Å². The van der Waals surface area contributed by atoms with Crippen LogP contribution in [0.5, 0.6) is 0 Å². The van der Waals surface area contributed by atoms with E-state index in [9.17, 15) is 0 Å². The molecule has 0 aromatic heterocycles. The van der Waals surface area contributed by atoms with Crippen LogP contribution in [0.4, 0.5) is 0 Å². The molecule has 0 saturated heterocycles. The van der Waals surface area contributed by atoms with Gasteiger partial charge in [-0.25, -0.2) is 0 Å². The summed E-state index contributed by atoms with van der Waals surface area (Å²) in [5.41, 5.74) is 2.87. The van der Waals surface area contributed by atoms with Gasteiger partial charge in [0.25, 0.3) is 0 Å². The van der Waals surface area contributed by atoms with E-state index in [0.29, 0.717) is 3.72 Å². The van der Waals surface area contributed by atoms with Crippen molar-refractivity contribution in [2.24, 2.45) is 0 Å². The molecular formula is C10H17Cl2Ti. The third-order valence-corrected chi connectivity index (χ3v) is 2.62. The van der Waals surface area contributed by atoms with E-state index in [-0.39, 0.29) is 0 Å². The summed E-state index contributed by atoms with van der Waals surface area (Å²) in [5, 5.41) is 0. The molecule has 0 heterocycles.